The van der Waals surface area contributed by atoms with Gasteiger partial charge in [-0.15, -0.1) is 0 Å². The van der Waals surface area contributed by atoms with E-state index >= 15 is 0 Å². The molecule has 0 aliphatic heterocycles. The van der Waals surface area contributed by atoms with Crippen LogP contribution in [0.25, 0.3) is 0 Å². The van der Waals surface area contributed by atoms with Crippen LogP contribution >= 0.6 is 0 Å². The summed E-state index contributed by atoms with van der Waals surface area (Å²) in [6, 6.07) is 6.38. The second-order valence-corrected chi connectivity index (χ2v) is 10.7. The summed E-state index contributed by atoms with van der Waals surface area (Å²) in [5, 5.41) is 20.6. The van der Waals surface area contributed by atoms with Crippen molar-refractivity contribution < 1.29 is 19.8 Å². The number of carbonyl (C=O) groups is 2. The van der Waals surface area contributed by atoms with Crippen LogP contribution in [0.4, 0.5) is 0 Å². The molecule has 0 fully saturated rings. The highest BCUT2D eigenvalue weighted by atomic mass is 16.4. The fourth-order valence-electron chi connectivity index (χ4n) is 6.66. The van der Waals surface area contributed by atoms with Crippen molar-refractivity contribution in [1.29, 1.82) is 0 Å². The third-order valence-electron chi connectivity index (χ3n) is 7.48. The van der Waals surface area contributed by atoms with E-state index in [-0.39, 0.29) is 17.3 Å². The van der Waals surface area contributed by atoms with Crippen molar-refractivity contribution in [2.45, 2.75) is 71.6 Å². The van der Waals surface area contributed by atoms with E-state index in [1.165, 1.54) is 11.1 Å². The summed E-state index contributed by atoms with van der Waals surface area (Å²) in [4.78, 5) is 25.3. The van der Waals surface area contributed by atoms with Crippen molar-refractivity contribution in [3.05, 3.63) is 57.7 Å². The fraction of sp³-hybridized carbons (Fsp3) is 0.520. The maximum Gasteiger partial charge on any atom is 0.325 e. The zero-order valence-corrected chi connectivity index (χ0v) is 18.1. The Bertz CT molecular complexity index is 1010. The molecule has 0 saturated carbocycles. The van der Waals surface area contributed by atoms with Gasteiger partial charge < -0.3 is 10.2 Å². The average Bonchev–Trinajstić information content (AvgIpc) is 2.93. The second-order valence-electron chi connectivity index (χ2n) is 10.7. The lowest BCUT2D eigenvalue weighted by Crippen LogP contribution is -2.48. The van der Waals surface area contributed by atoms with E-state index in [0.29, 0.717) is 5.57 Å². The Balaban J connectivity index is 2.13. The van der Waals surface area contributed by atoms with Crippen LogP contribution in [0.5, 0.6) is 0 Å². The van der Waals surface area contributed by atoms with Crippen LogP contribution < -0.4 is 0 Å². The zero-order chi connectivity index (χ0) is 21.6. The minimum absolute atomic E-state index is 0.0238. The van der Waals surface area contributed by atoms with E-state index in [2.05, 4.69) is 58.9 Å². The molecule has 4 nitrogen and oxygen atoms in total. The SMILES string of the molecule is CC1=CC2=C(C(C(=O)O)(C(=O)O)C1)[C@]1(CC2(C)C)CC(C)(C)c2cc(C)ccc21. The smallest absolute Gasteiger partial charge is 0.325 e. The lowest BCUT2D eigenvalue weighted by molar-refractivity contribution is -0.162. The molecule has 1 atom stereocenters. The van der Waals surface area contributed by atoms with Gasteiger partial charge in [-0.05, 0) is 66.2 Å². The van der Waals surface area contributed by atoms with Crippen LogP contribution in [0.2, 0.25) is 0 Å². The van der Waals surface area contributed by atoms with Gasteiger partial charge in [0, 0.05) is 5.41 Å². The number of aryl methyl sites for hydroxylation is 1. The topological polar surface area (TPSA) is 74.6 Å². The summed E-state index contributed by atoms with van der Waals surface area (Å²) in [7, 11) is 0. The van der Waals surface area contributed by atoms with Crippen molar-refractivity contribution in [2.24, 2.45) is 10.8 Å². The molecule has 0 amide bonds. The van der Waals surface area contributed by atoms with Crippen molar-refractivity contribution in [1.82, 2.24) is 0 Å². The number of benzene rings is 1. The molecule has 1 spiro atoms. The number of hydrogen-bond acceptors (Lipinski definition) is 2. The molecule has 4 heteroatoms. The molecule has 0 heterocycles. The summed E-state index contributed by atoms with van der Waals surface area (Å²) < 4.78 is 0. The summed E-state index contributed by atoms with van der Waals surface area (Å²) in [6.45, 7) is 12.6. The molecule has 4 rings (SSSR count). The first-order chi connectivity index (χ1) is 13.3. The third kappa shape index (κ3) is 2.38. The number of rotatable bonds is 2. The molecule has 0 bridgehead atoms. The molecule has 0 aromatic heterocycles. The molecule has 3 aliphatic rings. The highest BCUT2D eigenvalue weighted by molar-refractivity contribution is 6.04. The summed E-state index contributed by atoms with van der Waals surface area (Å²) >= 11 is 0. The van der Waals surface area contributed by atoms with Crippen LogP contribution in [0.3, 0.4) is 0 Å². The molecular weight excluding hydrogens is 364 g/mol. The lowest BCUT2D eigenvalue weighted by atomic mass is 9.60. The van der Waals surface area contributed by atoms with Gasteiger partial charge in [-0.25, -0.2) is 0 Å². The molecule has 2 N–H and O–H groups in total. The third-order valence-corrected chi connectivity index (χ3v) is 7.48. The van der Waals surface area contributed by atoms with Crippen LogP contribution in [-0.2, 0) is 20.4 Å². The van der Waals surface area contributed by atoms with E-state index in [4.69, 9.17) is 0 Å². The minimum atomic E-state index is -1.91. The van der Waals surface area contributed by atoms with E-state index < -0.39 is 22.8 Å². The van der Waals surface area contributed by atoms with Crippen LogP contribution in [0.15, 0.2) is 41.0 Å². The van der Waals surface area contributed by atoms with Crippen LogP contribution in [0.1, 0.15) is 70.6 Å². The van der Waals surface area contributed by atoms with E-state index in [9.17, 15) is 19.8 Å². The monoisotopic (exact) mass is 394 g/mol. The normalized spacial score (nSPS) is 28.1. The van der Waals surface area contributed by atoms with Crippen molar-refractivity contribution >= 4 is 11.9 Å². The number of aliphatic carboxylic acids is 2. The molecule has 154 valence electrons. The zero-order valence-electron chi connectivity index (χ0n) is 18.1. The first-order valence-corrected chi connectivity index (χ1v) is 10.3. The Kier molecular flexibility index (Phi) is 3.86. The average molecular weight is 395 g/mol. The van der Waals surface area contributed by atoms with Gasteiger partial charge in [-0.3, -0.25) is 9.59 Å². The van der Waals surface area contributed by atoms with E-state index in [1.54, 1.807) is 0 Å². The molecule has 29 heavy (non-hydrogen) atoms. The maximum absolute atomic E-state index is 12.6. The number of fused-ring (bicyclic) bond motifs is 3. The van der Waals surface area contributed by atoms with Crippen molar-refractivity contribution in [3.63, 3.8) is 0 Å². The largest absolute Gasteiger partial charge is 0.480 e. The second kappa shape index (κ2) is 5.62. The predicted molar refractivity (Wildman–Crippen MR) is 112 cm³/mol. The maximum atomic E-state index is 12.6. The van der Waals surface area contributed by atoms with Crippen LogP contribution in [-0.4, -0.2) is 22.2 Å². The fourth-order valence-corrected chi connectivity index (χ4v) is 6.66. The Morgan fingerprint density at radius 1 is 0.897 bits per heavy atom. The number of carboxylic acids is 2. The first kappa shape index (κ1) is 19.9. The van der Waals surface area contributed by atoms with Crippen molar-refractivity contribution in [3.8, 4) is 0 Å². The van der Waals surface area contributed by atoms with Gasteiger partial charge in [0.15, 0.2) is 5.41 Å². The summed E-state index contributed by atoms with van der Waals surface area (Å²) in [6.07, 6.45) is 3.55. The van der Waals surface area contributed by atoms with Crippen molar-refractivity contribution in [2.75, 3.05) is 0 Å². The summed E-state index contributed by atoms with van der Waals surface area (Å²) in [5.74, 6) is -2.50. The Morgan fingerprint density at radius 2 is 1.48 bits per heavy atom. The molecule has 0 radical (unpaired) electrons. The highest BCUT2D eigenvalue weighted by Gasteiger charge is 2.66. The quantitative estimate of drug-likeness (QED) is 0.681. The predicted octanol–water partition coefficient (Wildman–Crippen LogP) is 5.15. The molecule has 0 unspecified atom stereocenters. The molecule has 3 aliphatic carbocycles. The lowest BCUT2D eigenvalue weighted by Gasteiger charge is -2.40. The number of carboxylic acid groups (broad SMARTS) is 2. The summed E-state index contributed by atoms with van der Waals surface area (Å²) in [5.41, 5.74) is 2.93. The number of allylic oxidation sites excluding steroid dienone is 3. The van der Waals surface area contributed by atoms with E-state index in [0.717, 1.165) is 29.6 Å². The van der Waals surface area contributed by atoms with Gasteiger partial charge in [0.2, 0.25) is 0 Å². The van der Waals surface area contributed by atoms with E-state index in [1.807, 2.05) is 6.92 Å². The van der Waals surface area contributed by atoms with Gasteiger partial charge in [-0.2, -0.15) is 0 Å². The Morgan fingerprint density at radius 3 is 2.07 bits per heavy atom. The van der Waals surface area contributed by atoms with Gasteiger partial charge in [0.25, 0.3) is 0 Å². The van der Waals surface area contributed by atoms with Gasteiger partial charge in [0.05, 0.1) is 0 Å². The van der Waals surface area contributed by atoms with Gasteiger partial charge in [0.1, 0.15) is 0 Å². The van der Waals surface area contributed by atoms with Gasteiger partial charge >= 0.3 is 11.9 Å². The Hall–Kier alpha value is -2.36. The van der Waals surface area contributed by atoms with Gasteiger partial charge in [-0.1, -0.05) is 63.1 Å². The molecule has 0 saturated heterocycles. The Labute approximate surface area is 172 Å². The molecule has 1 aromatic carbocycles. The first-order valence-electron chi connectivity index (χ1n) is 10.3. The highest BCUT2D eigenvalue weighted by Crippen LogP contribution is 2.69. The standard InChI is InChI=1S/C25H30O4/c1-14-7-8-16-17(9-14)22(3,4)12-24(16)13-23(5,6)18-10-15(2)11-25(19(18)24,20(26)27)21(28)29/h7-10H,11-13H2,1-6H3,(H,26,27)(H,28,29)/t24-/m0/s1. The molecular formula is C25H30O4. The minimum Gasteiger partial charge on any atom is -0.480 e. The number of hydrogen-bond donors (Lipinski definition) is 2. The van der Waals surface area contributed by atoms with Crippen LogP contribution in [0, 0.1) is 17.8 Å². The molecule has 1 aromatic rings.